The number of hydrogen-bond donors (Lipinski definition) is 1. The highest BCUT2D eigenvalue weighted by atomic mass is 19.1. The van der Waals surface area contributed by atoms with Crippen molar-refractivity contribution in [1.82, 2.24) is 5.32 Å². The van der Waals surface area contributed by atoms with Crippen molar-refractivity contribution in [2.24, 2.45) is 17.3 Å². The summed E-state index contributed by atoms with van der Waals surface area (Å²) < 4.78 is 19.2. The highest BCUT2D eigenvalue weighted by molar-refractivity contribution is 5.21. The summed E-state index contributed by atoms with van der Waals surface area (Å²) in [6, 6.07) is 7.29. The predicted octanol–water partition coefficient (Wildman–Crippen LogP) is 3.41. The third-order valence-corrected chi connectivity index (χ3v) is 5.56. The lowest BCUT2D eigenvalue weighted by Crippen LogP contribution is -2.41. The molecule has 0 aliphatic heterocycles. The van der Waals surface area contributed by atoms with Gasteiger partial charge in [-0.2, -0.15) is 0 Å². The first-order chi connectivity index (χ1) is 10.2. The van der Waals surface area contributed by atoms with Crippen molar-refractivity contribution in [3.63, 3.8) is 0 Å². The Balaban J connectivity index is 1.72. The highest BCUT2D eigenvalue weighted by Crippen LogP contribution is 2.57. The summed E-state index contributed by atoms with van der Waals surface area (Å²) in [6.07, 6.45) is 6.18. The molecule has 116 valence electrons. The molecule has 0 amide bonds. The Hall–Kier alpha value is -0.930. The van der Waals surface area contributed by atoms with Gasteiger partial charge >= 0.3 is 0 Å². The van der Waals surface area contributed by atoms with Gasteiger partial charge in [0.2, 0.25) is 0 Å². The monoisotopic (exact) mass is 291 g/mol. The van der Waals surface area contributed by atoms with E-state index in [0.717, 1.165) is 43.5 Å². The first kappa shape index (κ1) is 15.0. The quantitative estimate of drug-likeness (QED) is 0.777. The summed E-state index contributed by atoms with van der Waals surface area (Å²) in [6.45, 7) is 2.61. The van der Waals surface area contributed by atoms with E-state index in [2.05, 4.69) is 5.32 Å². The van der Waals surface area contributed by atoms with Crippen LogP contribution in [0.1, 0.15) is 31.2 Å². The molecule has 0 saturated heterocycles. The van der Waals surface area contributed by atoms with Crippen molar-refractivity contribution in [2.75, 3.05) is 26.8 Å². The molecule has 3 heteroatoms. The van der Waals surface area contributed by atoms with Crippen LogP contribution in [0.3, 0.4) is 0 Å². The lowest BCUT2D eigenvalue weighted by molar-refractivity contribution is 0.144. The van der Waals surface area contributed by atoms with E-state index in [1.807, 2.05) is 12.1 Å². The highest BCUT2D eigenvalue weighted by Gasteiger charge is 2.50. The number of halogens is 1. The molecule has 3 atom stereocenters. The number of rotatable bonds is 7. The summed E-state index contributed by atoms with van der Waals surface area (Å²) in [5.74, 6) is 1.58. The van der Waals surface area contributed by atoms with Crippen LogP contribution in [0, 0.1) is 23.1 Å². The minimum absolute atomic E-state index is 0.0449. The smallest absolute Gasteiger partial charge is 0.126 e. The molecule has 2 fully saturated rings. The molecule has 2 aliphatic rings. The van der Waals surface area contributed by atoms with Gasteiger partial charge in [-0.05, 0) is 54.6 Å². The van der Waals surface area contributed by atoms with Crippen LogP contribution in [0.5, 0.6) is 0 Å². The van der Waals surface area contributed by atoms with E-state index in [1.54, 1.807) is 19.2 Å². The maximum absolute atomic E-state index is 14.1. The van der Waals surface area contributed by atoms with Crippen molar-refractivity contribution in [1.29, 1.82) is 0 Å². The zero-order chi connectivity index (χ0) is 14.7. The average molecular weight is 291 g/mol. The van der Waals surface area contributed by atoms with E-state index in [9.17, 15) is 4.39 Å². The van der Waals surface area contributed by atoms with Crippen molar-refractivity contribution in [3.8, 4) is 0 Å². The second-order valence-electron chi connectivity index (χ2n) is 6.88. The van der Waals surface area contributed by atoms with Gasteiger partial charge < -0.3 is 10.1 Å². The third-order valence-electron chi connectivity index (χ3n) is 5.56. The van der Waals surface area contributed by atoms with Gasteiger partial charge in [-0.25, -0.2) is 4.39 Å². The number of methoxy groups -OCH3 is 1. The lowest BCUT2D eigenvalue weighted by atomic mass is 9.69. The summed E-state index contributed by atoms with van der Waals surface area (Å²) >= 11 is 0. The van der Waals surface area contributed by atoms with Crippen molar-refractivity contribution in [3.05, 3.63) is 35.6 Å². The normalized spacial score (nSPS) is 31.0. The first-order valence-corrected chi connectivity index (χ1v) is 8.16. The fourth-order valence-electron chi connectivity index (χ4n) is 4.59. The maximum Gasteiger partial charge on any atom is 0.126 e. The Morgan fingerprint density at radius 1 is 1.33 bits per heavy atom. The van der Waals surface area contributed by atoms with Crippen LogP contribution in [0.25, 0.3) is 0 Å². The third kappa shape index (κ3) is 3.14. The largest absolute Gasteiger partial charge is 0.383 e. The fourth-order valence-corrected chi connectivity index (χ4v) is 4.59. The minimum atomic E-state index is -0.0449. The van der Waals surface area contributed by atoms with Crippen LogP contribution in [-0.2, 0) is 11.2 Å². The molecule has 1 N–H and O–H groups in total. The molecule has 2 saturated carbocycles. The number of fused-ring (bicyclic) bond motifs is 2. The zero-order valence-electron chi connectivity index (χ0n) is 12.9. The predicted molar refractivity (Wildman–Crippen MR) is 82.7 cm³/mol. The Labute approximate surface area is 127 Å². The summed E-state index contributed by atoms with van der Waals surface area (Å²) in [4.78, 5) is 0. The number of hydrogen-bond acceptors (Lipinski definition) is 2. The van der Waals surface area contributed by atoms with Crippen LogP contribution < -0.4 is 5.32 Å². The van der Waals surface area contributed by atoms with Crippen LogP contribution in [0.2, 0.25) is 0 Å². The van der Waals surface area contributed by atoms with Gasteiger partial charge in [-0.15, -0.1) is 0 Å². The Morgan fingerprint density at radius 3 is 2.86 bits per heavy atom. The molecule has 1 aromatic carbocycles. The van der Waals surface area contributed by atoms with Crippen molar-refractivity contribution >= 4 is 0 Å². The number of ether oxygens (including phenoxy) is 1. The SMILES string of the molecule is COCCNCC1(Cc2ccccc2F)CC2CCC1C2. The molecule has 0 heterocycles. The molecular formula is C18H26FNO. The zero-order valence-corrected chi connectivity index (χ0v) is 12.9. The standard InChI is InChI=1S/C18H26FNO/c1-21-9-8-20-13-18(11-14-6-7-16(18)10-14)12-15-4-2-3-5-17(15)19/h2-5,14,16,20H,6-13H2,1H3. The van der Waals surface area contributed by atoms with Crippen LogP contribution in [0.15, 0.2) is 24.3 Å². The van der Waals surface area contributed by atoms with E-state index in [-0.39, 0.29) is 11.2 Å². The van der Waals surface area contributed by atoms with Gasteiger partial charge in [0.25, 0.3) is 0 Å². The van der Waals surface area contributed by atoms with E-state index in [1.165, 1.54) is 25.7 Å². The Bertz CT molecular complexity index is 478. The van der Waals surface area contributed by atoms with Gasteiger partial charge in [0.15, 0.2) is 0 Å². The molecule has 2 aliphatic carbocycles. The Kier molecular flexibility index (Phi) is 4.60. The molecular weight excluding hydrogens is 265 g/mol. The lowest BCUT2D eigenvalue weighted by Gasteiger charge is -2.38. The molecule has 21 heavy (non-hydrogen) atoms. The van der Waals surface area contributed by atoms with Gasteiger partial charge in [-0.3, -0.25) is 0 Å². The molecule has 3 unspecified atom stereocenters. The molecule has 2 bridgehead atoms. The summed E-state index contributed by atoms with van der Waals surface area (Å²) in [5.41, 5.74) is 1.14. The molecule has 0 radical (unpaired) electrons. The van der Waals surface area contributed by atoms with E-state index in [0.29, 0.717) is 0 Å². The second-order valence-corrected chi connectivity index (χ2v) is 6.88. The van der Waals surface area contributed by atoms with Crippen molar-refractivity contribution < 1.29 is 9.13 Å². The van der Waals surface area contributed by atoms with E-state index in [4.69, 9.17) is 4.74 Å². The van der Waals surface area contributed by atoms with Crippen LogP contribution >= 0.6 is 0 Å². The van der Waals surface area contributed by atoms with E-state index < -0.39 is 0 Å². The van der Waals surface area contributed by atoms with E-state index >= 15 is 0 Å². The van der Waals surface area contributed by atoms with Crippen LogP contribution in [-0.4, -0.2) is 26.8 Å². The minimum Gasteiger partial charge on any atom is -0.383 e. The molecule has 0 spiro atoms. The van der Waals surface area contributed by atoms with Gasteiger partial charge in [0.05, 0.1) is 6.61 Å². The van der Waals surface area contributed by atoms with Crippen molar-refractivity contribution in [2.45, 2.75) is 32.1 Å². The average Bonchev–Trinajstić information content (AvgIpc) is 3.07. The van der Waals surface area contributed by atoms with Gasteiger partial charge in [-0.1, -0.05) is 24.6 Å². The molecule has 3 rings (SSSR count). The Morgan fingerprint density at radius 2 is 2.19 bits per heavy atom. The molecule has 0 aromatic heterocycles. The topological polar surface area (TPSA) is 21.3 Å². The van der Waals surface area contributed by atoms with Gasteiger partial charge in [0.1, 0.15) is 5.82 Å². The summed E-state index contributed by atoms with van der Waals surface area (Å²) in [7, 11) is 1.73. The van der Waals surface area contributed by atoms with Gasteiger partial charge in [0, 0.05) is 20.2 Å². The van der Waals surface area contributed by atoms with Crippen LogP contribution in [0.4, 0.5) is 4.39 Å². The molecule has 2 nitrogen and oxygen atoms in total. The number of benzene rings is 1. The number of nitrogens with one attached hydrogen (secondary N) is 1. The second kappa shape index (κ2) is 6.45. The fraction of sp³-hybridized carbons (Fsp3) is 0.667. The molecule has 1 aromatic rings. The summed E-state index contributed by atoms with van der Waals surface area (Å²) in [5, 5.41) is 3.55. The first-order valence-electron chi connectivity index (χ1n) is 8.16. The maximum atomic E-state index is 14.1.